The lowest BCUT2D eigenvalue weighted by Crippen LogP contribution is -2.15. The molecule has 0 fully saturated rings. The molecule has 0 aliphatic heterocycles. The van der Waals surface area contributed by atoms with Crippen molar-refractivity contribution in [3.63, 3.8) is 0 Å². The first-order valence-corrected chi connectivity index (χ1v) is 9.02. The third-order valence-corrected chi connectivity index (χ3v) is 4.50. The van der Waals surface area contributed by atoms with Gasteiger partial charge in [0, 0.05) is 10.6 Å². The maximum Gasteiger partial charge on any atom is 0.341 e. The SMILES string of the molecule is CCOC(=O)c1c(CC(C)C)csc1NC(=O)c1ccc(Cl)cc1. The van der Waals surface area contributed by atoms with Crippen molar-refractivity contribution < 1.29 is 14.3 Å². The number of esters is 1. The van der Waals surface area contributed by atoms with E-state index in [0.29, 0.717) is 33.7 Å². The molecule has 0 saturated heterocycles. The molecule has 0 atom stereocenters. The number of anilines is 1. The molecular weight excluding hydrogens is 346 g/mol. The Kier molecular flexibility index (Phi) is 6.40. The van der Waals surface area contributed by atoms with Gasteiger partial charge in [-0.05, 0) is 54.5 Å². The number of hydrogen-bond acceptors (Lipinski definition) is 4. The molecule has 0 aliphatic carbocycles. The molecule has 0 spiro atoms. The fourth-order valence-electron chi connectivity index (χ4n) is 2.28. The quantitative estimate of drug-likeness (QED) is 0.730. The zero-order valence-electron chi connectivity index (χ0n) is 13.9. The first-order valence-electron chi connectivity index (χ1n) is 7.76. The van der Waals surface area contributed by atoms with Gasteiger partial charge in [0.2, 0.25) is 0 Å². The van der Waals surface area contributed by atoms with E-state index in [1.165, 1.54) is 11.3 Å². The van der Waals surface area contributed by atoms with Crippen molar-refractivity contribution in [3.8, 4) is 0 Å². The summed E-state index contributed by atoms with van der Waals surface area (Å²) in [5.74, 6) is -0.288. The van der Waals surface area contributed by atoms with Gasteiger partial charge in [-0.2, -0.15) is 0 Å². The molecule has 4 nitrogen and oxygen atoms in total. The molecular formula is C18H20ClNO3S. The van der Waals surface area contributed by atoms with Crippen LogP contribution in [0.15, 0.2) is 29.6 Å². The molecule has 0 unspecified atom stereocenters. The van der Waals surface area contributed by atoms with E-state index in [9.17, 15) is 9.59 Å². The third-order valence-electron chi connectivity index (χ3n) is 3.31. The summed E-state index contributed by atoms with van der Waals surface area (Å²) in [5, 5.41) is 5.80. The zero-order chi connectivity index (χ0) is 17.7. The summed E-state index contributed by atoms with van der Waals surface area (Å²) in [7, 11) is 0. The fourth-order valence-corrected chi connectivity index (χ4v) is 3.36. The first kappa shape index (κ1) is 18.5. The molecule has 0 bridgehead atoms. The first-order chi connectivity index (χ1) is 11.4. The lowest BCUT2D eigenvalue weighted by Gasteiger charge is -2.10. The van der Waals surface area contributed by atoms with Crippen molar-refractivity contribution in [2.75, 3.05) is 11.9 Å². The average Bonchev–Trinajstić information content (AvgIpc) is 2.89. The molecule has 1 aromatic heterocycles. The number of halogens is 1. The van der Waals surface area contributed by atoms with E-state index < -0.39 is 5.97 Å². The molecule has 1 aromatic carbocycles. The van der Waals surface area contributed by atoms with Gasteiger partial charge < -0.3 is 10.1 Å². The van der Waals surface area contributed by atoms with Crippen LogP contribution in [0.25, 0.3) is 0 Å². The molecule has 24 heavy (non-hydrogen) atoms. The number of carbonyl (C=O) groups excluding carboxylic acids is 2. The lowest BCUT2D eigenvalue weighted by molar-refractivity contribution is 0.0527. The number of thiophene rings is 1. The monoisotopic (exact) mass is 365 g/mol. The molecule has 128 valence electrons. The third kappa shape index (κ3) is 4.58. The van der Waals surface area contributed by atoms with Gasteiger partial charge in [-0.15, -0.1) is 11.3 Å². The minimum absolute atomic E-state index is 0.282. The summed E-state index contributed by atoms with van der Waals surface area (Å²) in [4.78, 5) is 24.7. The minimum Gasteiger partial charge on any atom is -0.462 e. The van der Waals surface area contributed by atoms with Crippen LogP contribution in [0.4, 0.5) is 5.00 Å². The predicted octanol–water partition coefficient (Wildman–Crippen LogP) is 5.03. The Labute approximate surface area is 150 Å². The van der Waals surface area contributed by atoms with Gasteiger partial charge in [0.25, 0.3) is 5.91 Å². The Balaban J connectivity index is 2.28. The molecule has 0 radical (unpaired) electrons. The Bertz CT molecular complexity index is 722. The summed E-state index contributed by atoms with van der Waals surface area (Å²) >= 11 is 7.18. The molecule has 6 heteroatoms. The topological polar surface area (TPSA) is 55.4 Å². The average molecular weight is 366 g/mol. The normalized spacial score (nSPS) is 10.7. The summed E-state index contributed by atoms with van der Waals surface area (Å²) in [6, 6.07) is 6.59. The Morgan fingerprint density at radius 1 is 1.25 bits per heavy atom. The minimum atomic E-state index is -0.402. The summed E-state index contributed by atoms with van der Waals surface area (Å²) < 4.78 is 5.15. The van der Waals surface area contributed by atoms with Crippen LogP contribution in [0.3, 0.4) is 0 Å². The number of nitrogens with one attached hydrogen (secondary N) is 1. The van der Waals surface area contributed by atoms with Crippen molar-refractivity contribution in [2.45, 2.75) is 27.2 Å². The van der Waals surface area contributed by atoms with E-state index in [1.54, 1.807) is 31.2 Å². The van der Waals surface area contributed by atoms with Crippen LogP contribution in [-0.2, 0) is 11.2 Å². The van der Waals surface area contributed by atoms with E-state index in [1.807, 2.05) is 5.38 Å². The maximum absolute atomic E-state index is 12.4. The van der Waals surface area contributed by atoms with E-state index in [2.05, 4.69) is 19.2 Å². The van der Waals surface area contributed by atoms with E-state index in [-0.39, 0.29) is 5.91 Å². The van der Waals surface area contributed by atoms with Crippen molar-refractivity contribution in [1.82, 2.24) is 0 Å². The second kappa shape index (κ2) is 8.31. The Hall–Kier alpha value is -1.85. The maximum atomic E-state index is 12.4. The van der Waals surface area contributed by atoms with Gasteiger partial charge >= 0.3 is 5.97 Å². The molecule has 0 aliphatic rings. The zero-order valence-corrected chi connectivity index (χ0v) is 15.5. The van der Waals surface area contributed by atoms with Gasteiger partial charge in [-0.25, -0.2) is 4.79 Å². The van der Waals surface area contributed by atoms with Gasteiger partial charge in [-0.1, -0.05) is 25.4 Å². The molecule has 1 N–H and O–H groups in total. The van der Waals surface area contributed by atoms with E-state index >= 15 is 0 Å². The number of ether oxygens (including phenoxy) is 1. The van der Waals surface area contributed by atoms with Crippen molar-refractivity contribution in [1.29, 1.82) is 0 Å². The van der Waals surface area contributed by atoms with Crippen LogP contribution in [-0.4, -0.2) is 18.5 Å². The van der Waals surface area contributed by atoms with Crippen LogP contribution in [0.2, 0.25) is 5.02 Å². The molecule has 1 heterocycles. The van der Waals surface area contributed by atoms with Crippen LogP contribution >= 0.6 is 22.9 Å². The number of amides is 1. The van der Waals surface area contributed by atoms with Crippen molar-refractivity contribution >= 4 is 39.8 Å². The highest BCUT2D eigenvalue weighted by atomic mass is 35.5. The number of rotatable bonds is 6. The predicted molar refractivity (Wildman–Crippen MR) is 98.2 cm³/mol. The second-order valence-corrected chi connectivity index (χ2v) is 7.06. The second-order valence-electron chi connectivity index (χ2n) is 5.74. The highest BCUT2D eigenvalue weighted by Gasteiger charge is 2.22. The standard InChI is InChI=1S/C18H20ClNO3S/c1-4-23-18(22)15-13(9-11(2)3)10-24-17(15)20-16(21)12-5-7-14(19)8-6-12/h5-8,10-11H,4,9H2,1-3H3,(H,20,21). The smallest absolute Gasteiger partial charge is 0.341 e. The van der Waals surface area contributed by atoms with Gasteiger partial charge in [-0.3, -0.25) is 4.79 Å². The highest BCUT2D eigenvalue weighted by molar-refractivity contribution is 7.15. The van der Waals surface area contributed by atoms with Crippen LogP contribution in [0.1, 0.15) is 47.1 Å². The van der Waals surface area contributed by atoms with Crippen LogP contribution in [0, 0.1) is 5.92 Å². The van der Waals surface area contributed by atoms with Crippen molar-refractivity contribution in [2.24, 2.45) is 5.92 Å². The number of hydrogen-bond donors (Lipinski definition) is 1. The fraction of sp³-hybridized carbons (Fsp3) is 0.333. The summed E-state index contributed by atoms with van der Waals surface area (Å²) in [6.07, 6.45) is 0.751. The largest absolute Gasteiger partial charge is 0.462 e. The molecule has 0 saturated carbocycles. The lowest BCUT2D eigenvalue weighted by atomic mass is 10.0. The van der Waals surface area contributed by atoms with Gasteiger partial charge in [0.1, 0.15) is 5.00 Å². The Morgan fingerprint density at radius 2 is 1.92 bits per heavy atom. The van der Waals surface area contributed by atoms with E-state index in [4.69, 9.17) is 16.3 Å². The molecule has 2 aromatic rings. The number of benzene rings is 1. The van der Waals surface area contributed by atoms with E-state index in [0.717, 1.165) is 12.0 Å². The van der Waals surface area contributed by atoms with Gasteiger partial charge in [0.15, 0.2) is 0 Å². The van der Waals surface area contributed by atoms with Gasteiger partial charge in [0.05, 0.1) is 12.2 Å². The Morgan fingerprint density at radius 3 is 2.50 bits per heavy atom. The van der Waals surface area contributed by atoms with Crippen LogP contribution < -0.4 is 5.32 Å². The van der Waals surface area contributed by atoms with Crippen molar-refractivity contribution in [3.05, 3.63) is 51.4 Å². The summed E-state index contributed by atoms with van der Waals surface area (Å²) in [5.41, 5.74) is 1.84. The summed E-state index contributed by atoms with van der Waals surface area (Å²) in [6.45, 7) is 6.22. The van der Waals surface area contributed by atoms with Crippen LogP contribution in [0.5, 0.6) is 0 Å². The molecule has 1 amide bonds. The molecule has 2 rings (SSSR count). The number of carbonyl (C=O) groups is 2. The highest BCUT2D eigenvalue weighted by Crippen LogP contribution is 2.31.